The van der Waals surface area contributed by atoms with Crippen LogP contribution < -0.4 is 0 Å². The van der Waals surface area contributed by atoms with E-state index in [0.717, 1.165) is 16.7 Å². The molecule has 5 nitrogen and oxygen atoms in total. The Balaban J connectivity index is 3.25. The molecule has 0 saturated heterocycles. The molecule has 0 aliphatic heterocycles. The van der Waals surface area contributed by atoms with Gasteiger partial charge in [-0.1, -0.05) is 47.6 Å². The lowest BCUT2D eigenvalue weighted by Gasteiger charge is -2.27. The normalized spacial score (nSPS) is 13.4. The van der Waals surface area contributed by atoms with E-state index in [0.29, 0.717) is 0 Å². The topological polar surface area (TPSA) is 83.8 Å². The lowest BCUT2D eigenvalue weighted by atomic mass is 9.78. The molecular formula is C18H26O5P+. The number of hydrogen-bond acceptors (Lipinski definition) is 4. The van der Waals surface area contributed by atoms with Gasteiger partial charge in [-0.15, -0.1) is 9.42 Å². The summed E-state index contributed by atoms with van der Waals surface area (Å²) in [6.07, 6.45) is 2.93. The van der Waals surface area contributed by atoms with Gasteiger partial charge < -0.3 is 5.11 Å². The molecule has 0 aliphatic rings. The van der Waals surface area contributed by atoms with Crippen LogP contribution >= 0.6 is 8.25 Å². The second-order valence-electron chi connectivity index (χ2n) is 7.78. The van der Waals surface area contributed by atoms with Crippen molar-refractivity contribution in [3.05, 3.63) is 34.9 Å². The first-order valence-electron chi connectivity index (χ1n) is 7.70. The van der Waals surface area contributed by atoms with Crippen LogP contribution in [0.2, 0.25) is 0 Å². The number of hydrogen-bond donors (Lipinski definition) is 2. The zero-order valence-electron chi connectivity index (χ0n) is 15.1. The monoisotopic (exact) mass is 353 g/mol. The zero-order valence-corrected chi connectivity index (χ0v) is 16.0. The third-order valence-corrected chi connectivity index (χ3v) is 3.88. The highest BCUT2D eigenvalue weighted by Crippen LogP contribution is 2.40. The Morgan fingerprint density at radius 2 is 1.58 bits per heavy atom. The number of rotatable bonds is 5. The second kappa shape index (κ2) is 7.56. The van der Waals surface area contributed by atoms with Gasteiger partial charge in [0.2, 0.25) is 0 Å². The SMILES string of the molecule is CC(C)(C)c1cc(/C=C/C(=O)CO[P+](=O)O)cc(C(C)(C)C)c1O. The summed E-state index contributed by atoms with van der Waals surface area (Å²) < 4.78 is 14.8. The molecule has 0 amide bonds. The first-order chi connectivity index (χ1) is 10.8. The Labute approximate surface area is 144 Å². The van der Waals surface area contributed by atoms with Gasteiger partial charge in [0.15, 0.2) is 12.4 Å². The van der Waals surface area contributed by atoms with Crippen LogP contribution in [0.25, 0.3) is 6.08 Å². The molecule has 0 aliphatic carbocycles. The minimum Gasteiger partial charge on any atom is -0.507 e. The summed E-state index contributed by atoms with van der Waals surface area (Å²) >= 11 is 0. The number of phenolic OH excluding ortho intramolecular Hbond substituents is 1. The van der Waals surface area contributed by atoms with Gasteiger partial charge in [0.25, 0.3) is 0 Å². The summed E-state index contributed by atoms with van der Waals surface area (Å²) in [5.41, 5.74) is 1.88. The third kappa shape index (κ3) is 5.82. The Hall–Kier alpha value is -1.55. The molecular weight excluding hydrogens is 327 g/mol. The van der Waals surface area contributed by atoms with E-state index >= 15 is 0 Å². The maximum Gasteiger partial charge on any atom is 0.695 e. The average molecular weight is 353 g/mol. The van der Waals surface area contributed by atoms with Crippen molar-refractivity contribution in [2.75, 3.05) is 6.61 Å². The summed E-state index contributed by atoms with van der Waals surface area (Å²) in [4.78, 5) is 20.2. The van der Waals surface area contributed by atoms with Crippen LogP contribution in [0.15, 0.2) is 18.2 Å². The van der Waals surface area contributed by atoms with E-state index in [1.54, 1.807) is 6.08 Å². The maximum atomic E-state index is 11.7. The van der Waals surface area contributed by atoms with Gasteiger partial charge in [-0.25, -0.2) is 0 Å². The van der Waals surface area contributed by atoms with Crippen molar-refractivity contribution < 1.29 is 23.9 Å². The summed E-state index contributed by atoms with van der Waals surface area (Å²) in [5, 5.41) is 10.6. The van der Waals surface area contributed by atoms with Crippen molar-refractivity contribution in [2.45, 2.75) is 52.4 Å². The van der Waals surface area contributed by atoms with Crippen molar-refractivity contribution in [3.63, 3.8) is 0 Å². The molecule has 1 atom stereocenters. The standard InChI is InChI=1S/C18H25O5P/c1-17(2,3)14-9-12(7-8-13(19)11-23-24(21)22)10-15(16(14)20)18(4,5)6/h7-10H,11H2,1-6H3,(H-,19,20,21,22)/p+1. The van der Waals surface area contributed by atoms with Crippen molar-refractivity contribution in [3.8, 4) is 5.75 Å². The highest BCUT2D eigenvalue weighted by atomic mass is 31.1. The molecule has 24 heavy (non-hydrogen) atoms. The van der Waals surface area contributed by atoms with E-state index in [9.17, 15) is 14.5 Å². The third-order valence-electron chi connectivity index (χ3n) is 3.53. The van der Waals surface area contributed by atoms with Gasteiger partial charge in [-0.2, -0.15) is 0 Å². The van der Waals surface area contributed by atoms with Crippen LogP contribution in [0.3, 0.4) is 0 Å². The molecule has 1 aromatic carbocycles. The van der Waals surface area contributed by atoms with Crippen LogP contribution in [-0.2, 0) is 24.7 Å². The number of carbonyl (C=O) groups excluding carboxylic acids is 1. The number of ketones is 1. The Morgan fingerprint density at radius 1 is 1.12 bits per heavy atom. The lowest BCUT2D eigenvalue weighted by molar-refractivity contribution is -0.116. The molecule has 2 N–H and O–H groups in total. The Kier molecular flexibility index (Phi) is 6.45. The molecule has 0 fully saturated rings. The number of phenols is 1. The second-order valence-corrected chi connectivity index (χ2v) is 8.51. The molecule has 0 aromatic heterocycles. The van der Waals surface area contributed by atoms with Crippen LogP contribution in [-0.4, -0.2) is 22.4 Å². The lowest BCUT2D eigenvalue weighted by Crippen LogP contribution is -2.17. The highest BCUT2D eigenvalue weighted by Gasteiger charge is 2.26. The molecule has 1 aromatic rings. The van der Waals surface area contributed by atoms with E-state index in [4.69, 9.17) is 4.89 Å². The zero-order chi connectivity index (χ0) is 18.7. The van der Waals surface area contributed by atoms with Crippen molar-refractivity contribution in [1.29, 1.82) is 0 Å². The number of carbonyl (C=O) groups is 1. The minimum atomic E-state index is -2.78. The number of aromatic hydroxyl groups is 1. The molecule has 0 spiro atoms. The van der Waals surface area contributed by atoms with Gasteiger partial charge in [0, 0.05) is 15.7 Å². The average Bonchev–Trinajstić information content (AvgIpc) is 2.41. The Morgan fingerprint density at radius 3 is 1.96 bits per heavy atom. The maximum absolute atomic E-state index is 11.7. The van der Waals surface area contributed by atoms with Crippen LogP contribution in [0.5, 0.6) is 5.75 Å². The minimum absolute atomic E-state index is 0.254. The van der Waals surface area contributed by atoms with E-state index in [1.165, 1.54) is 6.08 Å². The van der Waals surface area contributed by atoms with E-state index < -0.39 is 20.6 Å². The summed E-state index contributed by atoms with van der Waals surface area (Å²) in [6.45, 7) is 11.6. The highest BCUT2D eigenvalue weighted by molar-refractivity contribution is 7.32. The summed E-state index contributed by atoms with van der Waals surface area (Å²) in [7, 11) is -2.78. The predicted octanol–water partition coefficient (Wildman–Crippen LogP) is 4.24. The van der Waals surface area contributed by atoms with Gasteiger partial charge in [-0.3, -0.25) is 4.79 Å². The van der Waals surface area contributed by atoms with E-state index in [-0.39, 0.29) is 16.6 Å². The van der Waals surface area contributed by atoms with Gasteiger partial charge in [-0.05, 0) is 34.6 Å². The smallest absolute Gasteiger partial charge is 0.507 e. The first kappa shape index (κ1) is 20.5. The predicted molar refractivity (Wildman–Crippen MR) is 95.3 cm³/mol. The molecule has 0 radical (unpaired) electrons. The van der Waals surface area contributed by atoms with Crippen LogP contribution in [0.1, 0.15) is 58.2 Å². The summed E-state index contributed by atoms with van der Waals surface area (Å²) in [6, 6.07) is 3.70. The number of benzene rings is 1. The van der Waals surface area contributed by atoms with Crippen molar-refractivity contribution in [2.24, 2.45) is 0 Å². The van der Waals surface area contributed by atoms with E-state index in [2.05, 4.69) is 4.52 Å². The molecule has 6 heteroatoms. The Bertz CT molecular complexity index is 628. The van der Waals surface area contributed by atoms with Crippen molar-refractivity contribution >= 4 is 20.1 Å². The molecule has 1 unspecified atom stereocenters. The van der Waals surface area contributed by atoms with Gasteiger partial charge in [0.1, 0.15) is 5.75 Å². The van der Waals surface area contributed by atoms with Gasteiger partial charge in [0.05, 0.1) is 0 Å². The molecule has 132 valence electrons. The first-order valence-corrected chi connectivity index (χ1v) is 8.83. The van der Waals surface area contributed by atoms with Crippen molar-refractivity contribution in [1.82, 2.24) is 0 Å². The van der Waals surface area contributed by atoms with Crippen LogP contribution in [0, 0.1) is 0 Å². The molecule has 0 saturated carbocycles. The summed E-state index contributed by atoms with van der Waals surface area (Å²) in [5.74, 6) is -0.130. The molecule has 0 bridgehead atoms. The largest absolute Gasteiger partial charge is 0.695 e. The van der Waals surface area contributed by atoms with Gasteiger partial charge >= 0.3 is 8.25 Å². The van der Waals surface area contributed by atoms with Crippen LogP contribution in [0.4, 0.5) is 0 Å². The molecule has 1 rings (SSSR count). The fourth-order valence-electron chi connectivity index (χ4n) is 2.25. The fraction of sp³-hybridized carbons (Fsp3) is 0.500. The quantitative estimate of drug-likeness (QED) is 0.611. The molecule has 0 heterocycles. The fourth-order valence-corrected chi connectivity index (χ4v) is 2.49. The van der Waals surface area contributed by atoms with E-state index in [1.807, 2.05) is 53.7 Å².